The van der Waals surface area contributed by atoms with Gasteiger partial charge in [0.1, 0.15) is 0 Å². The van der Waals surface area contributed by atoms with Crippen molar-refractivity contribution in [1.29, 1.82) is 0 Å². The number of rotatable bonds is 5. The molecule has 1 aliphatic carbocycles. The molecule has 3 aliphatic rings. The Labute approximate surface area is 161 Å². The van der Waals surface area contributed by atoms with Crippen molar-refractivity contribution in [2.75, 3.05) is 19.6 Å². The summed E-state index contributed by atoms with van der Waals surface area (Å²) in [6.07, 6.45) is 5.97. The molecule has 3 fully saturated rings. The predicted molar refractivity (Wildman–Crippen MR) is 103 cm³/mol. The van der Waals surface area contributed by atoms with E-state index in [1.54, 1.807) is 0 Å². The third kappa shape index (κ3) is 4.03. The first kappa shape index (κ1) is 18.5. The van der Waals surface area contributed by atoms with Gasteiger partial charge in [0.2, 0.25) is 11.8 Å². The van der Waals surface area contributed by atoms with Crippen molar-refractivity contribution in [2.24, 2.45) is 5.92 Å². The maximum Gasteiger partial charge on any atom is 0.227 e. The van der Waals surface area contributed by atoms with E-state index >= 15 is 0 Å². The molecule has 0 unspecified atom stereocenters. The molecular weight excluding hydrogens is 340 g/mol. The molecule has 5 nitrogen and oxygen atoms in total. The molecule has 5 heteroatoms. The van der Waals surface area contributed by atoms with Crippen LogP contribution in [0.4, 0.5) is 0 Å². The molecule has 0 spiro atoms. The Morgan fingerprint density at radius 2 is 1.85 bits per heavy atom. The molecule has 2 amide bonds. The number of piperidine rings is 1. The van der Waals surface area contributed by atoms with E-state index in [-0.39, 0.29) is 23.8 Å². The van der Waals surface area contributed by atoms with Gasteiger partial charge in [-0.1, -0.05) is 37.1 Å². The maximum atomic E-state index is 12.9. The van der Waals surface area contributed by atoms with Crippen LogP contribution in [0.1, 0.15) is 49.7 Å². The van der Waals surface area contributed by atoms with E-state index in [1.165, 1.54) is 24.0 Å². The molecular formula is C22H30N2O3. The van der Waals surface area contributed by atoms with E-state index in [0.717, 1.165) is 12.8 Å². The molecule has 1 aromatic rings. The highest BCUT2D eigenvalue weighted by Crippen LogP contribution is 2.30. The number of aryl methyl sites for hydroxylation is 1. The Balaban J connectivity index is 1.25. The normalized spacial score (nSPS) is 24.3. The number of nitrogens with zero attached hydrogens (tertiary/aromatic N) is 2. The number of ether oxygens (including phenoxy) is 1. The number of amides is 2. The van der Waals surface area contributed by atoms with Gasteiger partial charge >= 0.3 is 0 Å². The highest BCUT2D eigenvalue weighted by molar-refractivity contribution is 5.84. The van der Waals surface area contributed by atoms with Crippen LogP contribution in [-0.4, -0.2) is 53.4 Å². The van der Waals surface area contributed by atoms with Crippen LogP contribution in [0, 0.1) is 12.8 Å². The lowest BCUT2D eigenvalue weighted by molar-refractivity contribution is -0.155. The zero-order valence-corrected chi connectivity index (χ0v) is 16.2. The molecule has 1 atom stereocenters. The van der Waals surface area contributed by atoms with Gasteiger partial charge in [0.25, 0.3) is 0 Å². The predicted octanol–water partition coefficient (Wildman–Crippen LogP) is 2.90. The molecule has 0 N–H and O–H groups in total. The SMILES string of the molecule is Cc1ccccc1COC1CN(C(=O)[C@@H]2CCC(=O)N(C3CCCC3)C2)C1. The van der Waals surface area contributed by atoms with Crippen LogP contribution >= 0.6 is 0 Å². The minimum Gasteiger partial charge on any atom is -0.370 e. The van der Waals surface area contributed by atoms with Crippen LogP contribution in [0.3, 0.4) is 0 Å². The summed E-state index contributed by atoms with van der Waals surface area (Å²) in [5.74, 6) is 0.427. The van der Waals surface area contributed by atoms with Gasteiger partial charge in [0, 0.05) is 32.1 Å². The van der Waals surface area contributed by atoms with Crippen LogP contribution in [0.2, 0.25) is 0 Å². The highest BCUT2D eigenvalue weighted by Gasteiger charge is 2.40. The van der Waals surface area contributed by atoms with Crippen LogP contribution in [0.25, 0.3) is 0 Å². The molecule has 0 bridgehead atoms. The Morgan fingerprint density at radius 3 is 2.59 bits per heavy atom. The molecule has 1 saturated carbocycles. The number of benzene rings is 1. The first-order valence-corrected chi connectivity index (χ1v) is 10.4. The Hall–Kier alpha value is -1.88. The van der Waals surface area contributed by atoms with Crippen molar-refractivity contribution >= 4 is 11.8 Å². The van der Waals surface area contributed by atoms with Crippen molar-refractivity contribution < 1.29 is 14.3 Å². The average molecular weight is 370 g/mol. The van der Waals surface area contributed by atoms with Gasteiger partial charge in [0.15, 0.2) is 0 Å². The fourth-order valence-electron chi connectivity index (χ4n) is 4.60. The molecule has 2 saturated heterocycles. The summed E-state index contributed by atoms with van der Waals surface area (Å²) in [5.41, 5.74) is 2.45. The topological polar surface area (TPSA) is 49.9 Å². The Morgan fingerprint density at radius 1 is 1.11 bits per heavy atom. The van der Waals surface area contributed by atoms with E-state index < -0.39 is 0 Å². The van der Waals surface area contributed by atoms with Crippen molar-refractivity contribution in [2.45, 2.75) is 64.2 Å². The Bertz CT molecular complexity index is 693. The van der Waals surface area contributed by atoms with Crippen LogP contribution in [0.15, 0.2) is 24.3 Å². The van der Waals surface area contributed by atoms with Crippen LogP contribution < -0.4 is 0 Å². The number of hydrogen-bond acceptors (Lipinski definition) is 3. The van der Waals surface area contributed by atoms with E-state index in [2.05, 4.69) is 19.1 Å². The number of carbonyl (C=O) groups is 2. The highest BCUT2D eigenvalue weighted by atomic mass is 16.5. The van der Waals surface area contributed by atoms with E-state index in [4.69, 9.17) is 4.74 Å². The first-order valence-electron chi connectivity index (χ1n) is 10.4. The summed E-state index contributed by atoms with van der Waals surface area (Å²) in [5, 5.41) is 0. The fourth-order valence-corrected chi connectivity index (χ4v) is 4.60. The zero-order chi connectivity index (χ0) is 18.8. The van der Waals surface area contributed by atoms with Crippen molar-refractivity contribution in [1.82, 2.24) is 9.80 Å². The van der Waals surface area contributed by atoms with Gasteiger partial charge in [-0.3, -0.25) is 9.59 Å². The van der Waals surface area contributed by atoms with E-state index in [1.807, 2.05) is 21.9 Å². The lowest BCUT2D eigenvalue weighted by atomic mass is 9.93. The van der Waals surface area contributed by atoms with Gasteiger partial charge in [-0.2, -0.15) is 0 Å². The summed E-state index contributed by atoms with van der Waals surface area (Å²) in [7, 11) is 0. The fraction of sp³-hybridized carbons (Fsp3) is 0.636. The van der Waals surface area contributed by atoms with Gasteiger partial charge < -0.3 is 14.5 Å². The van der Waals surface area contributed by atoms with Crippen LogP contribution in [0.5, 0.6) is 0 Å². The molecule has 2 heterocycles. The summed E-state index contributed by atoms with van der Waals surface area (Å²) in [6, 6.07) is 8.62. The van der Waals surface area contributed by atoms with E-state index in [9.17, 15) is 9.59 Å². The smallest absolute Gasteiger partial charge is 0.227 e. The first-order chi connectivity index (χ1) is 13.1. The average Bonchev–Trinajstić information content (AvgIpc) is 3.16. The molecule has 1 aromatic carbocycles. The minimum atomic E-state index is -0.0272. The number of carbonyl (C=O) groups excluding carboxylic acids is 2. The van der Waals surface area contributed by atoms with Crippen molar-refractivity contribution in [3.05, 3.63) is 35.4 Å². The van der Waals surface area contributed by atoms with Crippen LogP contribution in [-0.2, 0) is 20.9 Å². The maximum absolute atomic E-state index is 12.9. The molecule has 0 aromatic heterocycles. The lowest BCUT2D eigenvalue weighted by Crippen LogP contribution is -2.58. The number of likely N-dealkylation sites (tertiary alicyclic amines) is 2. The monoisotopic (exact) mass is 370 g/mol. The second-order valence-electron chi connectivity index (χ2n) is 8.32. The summed E-state index contributed by atoms with van der Waals surface area (Å²) in [4.78, 5) is 29.1. The standard InChI is InChI=1S/C22H30N2O3/c1-16-6-2-3-7-18(16)15-27-20-13-23(14-20)22(26)17-10-11-21(25)24(12-17)19-8-4-5-9-19/h2-3,6-7,17,19-20H,4-5,8-15H2,1H3/t17-/m1/s1. The quantitative estimate of drug-likeness (QED) is 0.801. The van der Waals surface area contributed by atoms with Gasteiger partial charge in [0.05, 0.1) is 18.6 Å². The summed E-state index contributed by atoms with van der Waals surface area (Å²) < 4.78 is 5.97. The molecule has 27 heavy (non-hydrogen) atoms. The third-order valence-corrected chi connectivity index (χ3v) is 6.45. The van der Waals surface area contributed by atoms with Crippen molar-refractivity contribution in [3.8, 4) is 0 Å². The van der Waals surface area contributed by atoms with Crippen molar-refractivity contribution in [3.63, 3.8) is 0 Å². The van der Waals surface area contributed by atoms with Gasteiger partial charge in [-0.15, -0.1) is 0 Å². The lowest BCUT2D eigenvalue weighted by Gasteiger charge is -2.43. The van der Waals surface area contributed by atoms with Gasteiger partial charge in [-0.25, -0.2) is 0 Å². The second-order valence-corrected chi connectivity index (χ2v) is 8.32. The largest absolute Gasteiger partial charge is 0.370 e. The molecule has 2 aliphatic heterocycles. The second kappa shape index (κ2) is 8.01. The zero-order valence-electron chi connectivity index (χ0n) is 16.2. The molecule has 0 radical (unpaired) electrons. The summed E-state index contributed by atoms with van der Waals surface area (Å²) >= 11 is 0. The minimum absolute atomic E-state index is 0.0272. The number of hydrogen-bond donors (Lipinski definition) is 0. The van der Waals surface area contributed by atoms with Gasteiger partial charge in [-0.05, 0) is 37.3 Å². The molecule has 4 rings (SSSR count). The Kier molecular flexibility index (Phi) is 5.48. The summed E-state index contributed by atoms with van der Waals surface area (Å²) in [6.45, 7) is 4.67. The third-order valence-electron chi connectivity index (χ3n) is 6.45. The molecule has 146 valence electrons. The van der Waals surface area contributed by atoms with E-state index in [0.29, 0.717) is 45.1 Å².